The third kappa shape index (κ3) is 3.81. The number of nitrogens with zero attached hydrogens (tertiary/aromatic N) is 2. The maximum absolute atomic E-state index is 5.75. The van der Waals surface area contributed by atoms with Crippen LogP contribution in [0.4, 0.5) is 0 Å². The normalized spacial score (nSPS) is 16.9. The Hall–Kier alpha value is -0.365. The fourth-order valence-electron chi connectivity index (χ4n) is 1.85. The van der Waals surface area contributed by atoms with E-state index in [0.717, 1.165) is 16.9 Å². The third-order valence-electron chi connectivity index (χ3n) is 2.80. The molecule has 0 saturated heterocycles. The van der Waals surface area contributed by atoms with E-state index in [1.54, 1.807) is 6.34 Å². The fourth-order valence-corrected chi connectivity index (χ4v) is 12.9. The molecule has 0 aromatic heterocycles. The Morgan fingerprint density at radius 2 is 2.33 bits per heavy atom. The Labute approximate surface area is 123 Å². The molecule has 7 heteroatoms. The number of hydrogen-bond acceptors (Lipinski definition) is 6. The summed E-state index contributed by atoms with van der Waals surface area (Å²) in [5.74, 6) is 0.466. The van der Waals surface area contributed by atoms with Gasteiger partial charge in [-0.15, -0.1) is 0 Å². The number of fused-ring (bicyclic) bond motifs is 1. The van der Waals surface area contributed by atoms with Crippen molar-refractivity contribution in [1.29, 1.82) is 0 Å². The molecule has 0 fully saturated rings. The SMILES string of the molecule is CCCCC[CH2][Hg][S]C1=C2N=CN[C-]2NC(N)=N1. The number of unbranched alkanes of at least 4 members (excludes halogenated alkanes) is 3. The Bertz CT molecular complexity index is 380. The van der Waals surface area contributed by atoms with Gasteiger partial charge in [0, 0.05) is 0 Å². The molecular formula is C11H18HgN5S-. The topological polar surface area (TPSA) is 74.8 Å². The summed E-state index contributed by atoms with van der Waals surface area (Å²) < 4.78 is 1.44. The van der Waals surface area contributed by atoms with Gasteiger partial charge in [0.2, 0.25) is 0 Å². The van der Waals surface area contributed by atoms with Crippen LogP contribution in [0.25, 0.3) is 0 Å². The van der Waals surface area contributed by atoms with E-state index < -0.39 is 23.1 Å². The summed E-state index contributed by atoms with van der Waals surface area (Å²) in [6, 6.07) is 0. The van der Waals surface area contributed by atoms with E-state index in [0.29, 0.717) is 5.96 Å². The minimum absolute atomic E-state index is 0.466. The Balaban J connectivity index is 1.79. The second kappa shape index (κ2) is 7.28. The summed E-state index contributed by atoms with van der Waals surface area (Å²) in [4.78, 5) is 8.66. The van der Waals surface area contributed by atoms with Gasteiger partial charge >= 0.3 is 123 Å². The number of aliphatic imine (C=N–C) groups is 2. The van der Waals surface area contributed by atoms with Crippen LogP contribution in [-0.4, -0.2) is 12.3 Å². The van der Waals surface area contributed by atoms with E-state index in [4.69, 9.17) is 5.73 Å². The molecule has 0 saturated carbocycles. The van der Waals surface area contributed by atoms with Gasteiger partial charge in [-0.1, -0.05) is 0 Å². The fraction of sp³-hybridized carbons (Fsp3) is 0.545. The van der Waals surface area contributed by atoms with Crippen LogP contribution in [-0.2, 0) is 23.1 Å². The summed E-state index contributed by atoms with van der Waals surface area (Å²) in [7, 11) is 1.96. The number of nitrogens with one attached hydrogen (secondary N) is 2. The summed E-state index contributed by atoms with van der Waals surface area (Å²) >= 11 is -0.910. The summed E-state index contributed by atoms with van der Waals surface area (Å²) in [6.45, 7) is 2.25. The molecule has 5 nitrogen and oxygen atoms in total. The molecule has 0 aromatic carbocycles. The van der Waals surface area contributed by atoms with Gasteiger partial charge in [0.15, 0.2) is 0 Å². The minimum atomic E-state index is -0.910. The number of nitrogens with two attached hydrogens (primary N) is 1. The first-order valence-electron chi connectivity index (χ1n) is 6.46. The van der Waals surface area contributed by atoms with E-state index >= 15 is 0 Å². The van der Waals surface area contributed by atoms with E-state index in [1.807, 2.05) is 8.24 Å². The van der Waals surface area contributed by atoms with Crippen molar-refractivity contribution in [2.45, 2.75) is 36.5 Å². The van der Waals surface area contributed by atoms with Crippen molar-refractivity contribution in [3.05, 3.63) is 16.9 Å². The average Bonchev–Trinajstić information content (AvgIpc) is 2.81. The average molecular weight is 453 g/mol. The Morgan fingerprint density at radius 3 is 3.17 bits per heavy atom. The van der Waals surface area contributed by atoms with Crippen molar-refractivity contribution in [3.8, 4) is 0 Å². The Kier molecular flexibility index (Phi) is 5.68. The van der Waals surface area contributed by atoms with Crippen molar-refractivity contribution in [1.82, 2.24) is 10.6 Å². The molecule has 0 spiro atoms. The first-order valence-corrected chi connectivity index (χ1v) is 18.1. The molecule has 0 bridgehead atoms. The van der Waals surface area contributed by atoms with Crippen LogP contribution in [0.2, 0.25) is 3.93 Å². The molecule has 18 heavy (non-hydrogen) atoms. The van der Waals surface area contributed by atoms with Gasteiger partial charge in [-0.05, 0) is 0 Å². The summed E-state index contributed by atoms with van der Waals surface area (Å²) in [5, 5.41) is 7.05. The second-order valence-electron chi connectivity index (χ2n) is 4.32. The monoisotopic (exact) mass is 454 g/mol. The van der Waals surface area contributed by atoms with Crippen molar-refractivity contribution in [2.24, 2.45) is 15.7 Å². The number of guanidine groups is 1. The molecule has 2 rings (SSSR count). The molecule has 2 aliphatic heterocycles. The van der Waals surface area contributed by atoms with Gasteiger partial charge < -0.3 is 0 Å². The van der Waals surface area contributed by atoms with Crippen LogP contribution in [0.3, 0.4) is 0 Å². The van der Waals surface area contributed by atoms with Gasteiger partial charge in [-0.3, -0.25) is 0 Å². The molecule has 2 heterocycles. The van der Waals surface area contributed by atoms with Gasteiger partial charge in [-0.2, -0.15) is 0 Å². The van der Waals surface area contributed by atoms with E-state index in [1.165, 1.54) is 29.6 Å². The van der Waals surface area contributed by atoms with Gasteiger partial charge in [-0.25, -0.2) is 0 Å². The first kappa shape index (κ1) is 14.1. The Morgan fingerprint density at radius 1 is 1.44 bits per heavy atom. The van der Waals surface area contributed by atoms with E-state index in [9.17, 15) is 0 Å². The first-order chi connectivity index (χ1) is 8.81. The number of rotatable bonds is 7. The summed E-state index contributed by atoms with van der Waals surface area (Å²) in [6.07, 6.45) is 8.01. The van der Waals surface area contributed by atoms with Crippen molar-refractivity contribution in [2.75, 3.05) is 0 Å². The van der Waals surface area contributed by atoms with Gasteiger partial charge in [0.1, 0.15) is 0 Å². The maximum atomic E-state index is 5.75. The van der Waals surface area contributed by atoms with E-state index in [2.05, 4.69) is 27.5 Å². The molecule has 96 valence electrons. The second-order valence-corrected chi connectivity index (χ2v) is 16.3. The zero-order chi connectivity index (χ0) is 12.8. The third-order valence-corrected chi connectivity index (χ3v) is 14.7. The standard InChI is InChI=1S/C6H13.C5H6N5S.Hg/c1-3-5-6-4-2;6-5-9-3-2(4(11)10-5)7-1-8-3;/h1,3-6H2,2H3;1,11H,(H,7,8)(H3,6,9,10);/q;-1;+1/p-1. The quantitative estimate of drug-likeness (QED) is 0.313. The van der Waals surface area contributed by atoms with Gasteiger partial charge in [0.05, 0.1) is 0 Å². The van der Waals surface area contributed by atoms with Crippen molar-refractivity contribution in [3.63, 3.8) is 0 Å². The zero-order valence-corrected chi connectivity index (χ0v) is 17.0. The molecule has 0 amide bonds. The molecule has 0 radical (unpaired) electrons. The van der Waals surface area contributed by atoms with Crippen LogP contribution >= 0.6 is 8.24 Å². The van der Waals surface area contributed by atoms with Crippen LogP contribution in [0.15, 0.2) is 20.7 Å². The summed E-state index contributed by atoms with van der Waals surface area (Å²) in [5.41, 5.74) is 6.68. The van der Waals surface area contributed by atoms with Crippen molar-refractivity contribution >= 4 is 20.5 Å². The molecule has 0 aromatic rings. The molecular weight excluding hydrogens is 435 g/mol. The molecule has 0 unspecified atom stereocenters. The predicted molar refractivity (Wildman–Crippen MR) is 73.2 cm³/mol. The van der Waals surface area contributed by atoms with Gasteiger partial charge in [0.25, 0.3) is 0 Å². The van der Waals surface area contributed by atoms with Crippen LogP contribution in [0.5, 0.6) is 0 Å². The molecule has 0 atom stereocenters. The van der Waals surface area contributed by atoms with Crippen LogP contribution < -0.4 is 16.4 Å². The predicted octanol–water partition coefficient (Wildman–Crippen LogP) is 1.92. The number of hydrogen-bond donors (Lipinski definition) is 3. The van der Waals surface area contributed by atoms with Crippen LogP contribution in [0, 0.1) is 6.17 Å². The molecule has 4 N–H and O–H groups in total. The van der Waals surface area contributed by atoms with Crippen molar-refractivity contribution < 1.29 is 23.1 Å². The van der Waals surface area contributed by atoms with Crippen LogP contribution in [0.1, 0.15) is 32.6 Å². The molecule has 0 aliphatic carbocycles. The zero-order valence-electron chi connectivity index (χ0n) is 10.7. The van der Waals surface area contributed by atoms with E-state index in [-0.39, 0.29) is 0 Å². The molecule has 2 aliphatic rings.